The molecule has 0 radical (unpaired) electrons. The van der Waals surface area contributed by atoms with Crippen LogP contribution in [0.5, 0.6) is 0 Å². The van der Waals surface area contributed by atoms with E-state index in [4.69, 9.17) is 0 Å². The third-order valence-corrected chi connectivity index (χ3v) is 4.56. The molecule has 5 heteroatoms. The SMILES string of the molecule is CC(C)n1cncc1CN1CCc2ccccc2C1CC(=O)O. The Bertz CT molecular complexity index is 693. The normalized spacial score (nSPS) is 18.1. The van der Waals surface area contributed by atoms with Crippen LogP contribution in [0.15, 0.2) is 36.8 Å². The quantitative estimate of drug-likeness (QED) is 0.922. The fraction of sp³-hybridized carbons (Fsp3) is 0.444. The van der Waals surface area contributed by atoms with E-state index in [1.807, 2.05) is 24.7 Å². The van der Waals surface area contributed by atoms with Crippen molar-refractivity contribution in [2.24, 2.45) is 0 Å². The molecule has 1 unspecified atom stereocenters. The minimum absolute atomic E-state index is 0.0760. The van der Waals surface area contributed by atoms with Crippen LogP contribution >= 0.6 is 0 Å². The smallest absolute Gasteiger partial charge is 0.305 e. The summed E-state index contributed by atoms with van der Waals surface area (Å²) in [5.74, 6) is -0.755. The molecule has 0 bridgehead atoms. The van der Waals surface area contributed by atoms with E-state index in [9.17, 15) is 9.90 Å². The van der Waals surface area contributed by atoms with Crippen LogP contribution in [0.25, 0.3) is 0 Å². The number of carboxylic acids is 1. The molecule has 3 rings (SSSR count). The number of rotatable bonds is 5. The summed E-state index contributed by atoms with van der Waals surface area (Å²) in [6.07, 6.45) is 4.83. The van der Waals surface area contributed by atoms with Crippen LogP contribution in [-0.4, -0.2) is 32.1 Å². The largest absolute Gasteiger partial charge is 0.481 e. The molecular formula is C18H23N3O2. The van der Waals surface area contributed by atoms with Gasteiger partial charge in [-0.1, -0.05) is 24.3 Å². The first kappa shape index (κ1) is 15.7. The summed E-state index contributed by atoms with van der Waals surface area (Å²) in [4.78, 5) is 17.9. The maximum absolute atomic E-state index is 11.4. The molecule has 0 saturated carbocycles. The summed E-state index contributed by atoms with van der Waals surface area (Å²) in [6.45, 7) is 5.86. The lowest BCUT2D eigenvalue weighted by molar-refractivity contribution is -0.138. The monoisotopic (exact) mass is 313 g/mol. The molecule has 0 fully saturated rings. The van der Waals surface area contributed by atoms with Gasteiger partial charge >= 0.3 is 5.97 Å². The molecule has 0 saturated heterocycles. The van der Waals surface area contributed by atoms with Crippen molar-refractivity contribution in [1.82, 2.24) is 14.5 Å². The van der Waals surface area contributed by atoms with E-state index < -0.39 is 5.97 Å². The van der Waals surface area contributed by atoms with Gasteiger partial charge in [-0.3, -0.25) is 9.69 Å². The summed E-state index contributed by atoms with van der Waals surface area (Å²) < 4.78 is 2.15. The Morgan fingerprint density at radius 3 is 2.91 bits per heavy atom. The van der Waals surface area contributed by atoms with Crippen molar-refractivity contribution in [3.63, 3.8) is 0 Å². The average Bonchev–Trinajstić information content (AvgIpc) is 2.97. The van der Waals surface area contributed by atoms with Gasteiger partial charge in [0.1, 0.15) is 0 Å². The zero-order valence-corrected chi connectivity index (χ0v) is 13.6. The Balaban J connectivity index is 1.89. The second-order valence-electron chi connectivity index (χ2n) is 6.42. The second-order valence-corrected chi connectivity index (χ2v) is 6.42. The standard InChI is InChI=1S/C18H23N3O2/c1-13(2)21-12-19-10-15(21)11-20-8-7-14-5-3-4-6-16(14)17(20)9-18(22)23/h3-6,10,12-13,17H,7-9,11H2,1-2H3,(H,22,23). The highest BCUT2D eigenvalue weighted by Gasteiger charge is 2.29. The van der Waals surface area contributed by atoms with Crippen molar-refractivity contribution in [2.45, 2.75) is 45.3 Å². The molecule has 1 aromatic heterocycles. The predicted molar refractivity (Wildman–Crippen MR) is 88.2 cm³/mol. The molecular weight excluding hydrogens is 290 g/mol. The van der Waals surface area contributed by atoms with E-state index in [1.165, 1.54) is 5.56 Å². The van der Waals surface area contributed by atoms with E-state index in [0.29, 0.717) is 6.04 Å². The summed E-state index contributed by atoms with van der Waals surface area (Å²) in [5.41, 5.74) is 3.55. The molecule has 0 amide bonds. The number of hydrogen-bond donors (Lipinski definition) is 1. The van der Waals surface area contributed by atoms with Crippen LogP contribution in [-0.2, 0) is 17.8 Å². The zero-order valence-electron chi connectivity index (χ0n) is 13.6. The average molecular weight is 313 g/mol. The van der Waals surface area contributed by atoms with Crippen molar-refractivity contribution in [3.05, 3.63) is 53.6 Å². The van der Waals surface area contributed by atoms with Gasteiger partial charge < -0.3 is 9.67 Å². The van der Waals surface area contributed by atoms with Gasteiger partial charge in [0.25, 0.3) is 0 Å². The van der Waals surface area contributed by atoms with Gasteiger partial charge in [0.05, 0.1) is 18.4 Å². The minimum Gasteiger partial charge on any atom is -0.481 e. The molecule has 122 valence electrons. The summed E-state index contributed by atoms with van der Waals surface area (Å²) in [7, 11) is 0. The van der Waals surface area contributed by atoms with Crippen molar-refractivity contribution < 1.29 is 9.90 Å². The Kier molecular flexibility index (Phi) is 4.48. The molecule has 1 atom stereocenters. The molecule has 23 heavy (non-hydrogen) atoms. The third kappa shape index (κ3) is 3.29. The second kappa shape index (κ2) is 6.54. The number of hydrogen-bond acceptors (Lipinski definition) is 3. The maximum atomic E-state index is 11.4. The molecule has 1 N–H and O–H groups in total. The predicted octanol–water partition coefficient (Wildman–Crippen LogP) is 3.04. The van der Waals surface area contributed by atoms with Crippen LogP contribution in [0, 0.1) is 0 Å². The fourth-order valence-electron chi connectivity index (χ4n) is 3.42. The van der Waals surface area contributed by atoms with Crippen LogP contribution < -0.4 is 0 Å². The van der Waals surface area contributed by atoms with Gasteiger partial charge in [0.2, 0.25) is 0 Å². The van der Waals surface area contributed by atoms with Gasteiger partial charge in [-0.25, -0.2) is 4.98 Å². The van der Waals surface area contributed by atoms with E-state index in [1.54, 1.807) is 0 Å². The zero-order chi connectivity index (χ0) is 16.4. The highest BCUT2D eigenvalue weighted by Crippen LogP contribution is 2.33. The molecule has 2 aromatic rings. The van der Waals surface area contributed by atoms with E-state index in [-0.39, 0.29) is 12.5 Å². The highest BCUT2D eigenvalue weighted by atomic mass is 16.4. The number of nitrogens with zero attached hydrogens (tertiary/aromatic N) is 3. The molecule has 0 aliphatic carbocycles. The number of carbonyl (C=O) groups is 1. The summed E-state index contributed by atoms with van der Waals surface area (Å²) >= 11 is 0. The van der Waals surface area contributed by atoms with E-state index in [2.05, 4.69) is 40.4 Å². The molecule has 0 spiro atoms. The first-order chi connectivity index (χ1) is 11.1. The maximum Gasteiger partial charge on any atom is 0.305 e. The van der Waals surface area contributed by atoms with Gasteiger partial charge in [-0.2, -0.15) is 0 Å². The van der Waals surface area contributed by atoms with Gasteiger partial charge in [-0.05, 0) is 31.4 Å². The number of fused-ring (bicyclic) bond motifs is 1. The summed E-state index contributed by atoms with van der Waals surface area (Å²) in [6, 6.07) is 8.47. The Hall–Kier alpha value is -2.14. The molecule has 2 heterocycles. The molecule has 5 nitrogen and oxygen atoms in total. The number of aliphatic carboxylic acids is 1. The summed E-state index contributed by atoms with van der Waals surface area (Å²) in [5, 5.41) is 9.33. The Morgan fingerprint density at radius 1 is 1.39 bits per heavy atom. The lowest BCUT2D eigenvalue weighted by atomic mass is 9.90. The number of benzene rings is 1. The number of imidazole rings is 1. The van der Waals surface area contributed by atoms with Gasteiger partial charge in [-0.15, -0.1) is 0 Å². The molecule has 1 aliphatic rings. The molecule has 1 aliphatic heterocycles. The number of carboxylic acid groups (broad SMARTS) is 1. The first-order valence-electron chi connectivity index (χ1n) is 8.10. The van der Waals surface area contributed by atoms with E-state index in [0.717, 1.165) is 30.8 Å². The van der Waals surface area contributed by atoms with Crippen molar-refractivity contribution in [2.75, 3.05) is 6.54 Å². The van der Waals surface area contributed by atoms with Gasteiger partial charge in [0, 0.05) is 31.4 Å². The minimum atomic E-state index is -0.755. The fourth-order valence-corrected chi connectivity index (χ4v) is 3.42. The number of aromatic nitrogens is 2. The van der Waals surface area contributed by atoms with Crippen molar-refractivity contribution in [1.29, 1.82) is 0 Å². The Labute approximate surface area is 136 Å². The van der Waals surface area contributed by atoms with Crippen LogP contribution in [0.1, 0.15) is 49.2 Å². The lowest BCUT2D eigenvalue weighted by Crippen LogP contribution is -2.36. The van der Waals surface area contributed by atoms with Crippen molar-refractivity contribution >= 4 is 5.97 Å². The van der Waals surface area contributed by atoms with Crippen LogP contribution in [0.3, 0.4) is 0 Å². The van der Waals surface area contributed by atoms with Crippen molar-refractivity contribution in [3.8, 4) is 0 Å². The van der Waals surface area contributed by atoms with Crippen LogP contribution in [0.4, 0.5) is 0 Å². The highest BCUT2D eigenvalue weighted by molar-refractivity contribution is 5.68. The lowest BCUT2D eigenvalue weighted by Gasteiger charge is -2.36. The first-order valence-corrected chi connectivity index (χ1v) is 8.10. The third-order valence-electron chi connectivity index (χ3n) is 4.56. The van der Waals surface area contributed by atoms with E-state index >= 15 is 0 Å². The topological polar surface area (TPSA) is 58.4 Å². The van der Waals surface area contributed by atoms with Gasteiger partial charge in [0.15, 0.2) is 0 Å². The van der Waals surface area contributed by atoms with Crippen LogP contribution in [0.2, 0.25) is 0 Å². The Morgan fingerprint density at radius 2 is 2.17 bits per heavy atom. The molecule has 1 aromatic carbocycles.